The van der Waals surface area contributed by atoms with E-state index in [1.807, 2.05) is 30.3 Å². The first-order valence-corrected chi connectivity index (χ1v) is 8.55. The quantitative estimate of drug-likeness (QED) is 0.672. The summed E-state index contributed by atoms with van der Waals surface area (Å²) in [7, 11) is 0. The Bertz CT molecular complexity index is 981. The summed E-state index contributed by atoms with van der Waals surface area (Å²) in [5.74, 6) is -1.39. The summed E-state index contributed by atoms with van der Waals surface area (Å²) in [6, 6.07) is 24.5. The normalized spacial score (nSPS) is 12.8. The second-order valence-corrected chi connectivity index (χ2v) is 6.18. The van der Waals surface area contributed by atoms with E-state index in [1.165, 1.54) is 5.01 Å². The molecule has 0 saturated carbocycles. The summed E-state index contributed by atoms with van der Waals surface area (Å²) in [5, 5.41) is 2.17. The molecule has 3 aromatic carbocycles. The highest BCUT2D eigenvalue weighted by atomic mass is 16.2. The zero-order chi connectivity index (χ0) is 18.8. The molecule has 5 nitrogen and oxygen atoms in total. The van der Waals surface area contributed by atoms with Crippen LogP contribution in [0.1, 0.15) is 36.6 Å². The predicted octanol–water partition coefficient (Wildman–Crippen LogP) is 3.54. The largest absolute Gasteiger partial charge is 0.280 e. The number of benzene rings is 3. The molecular weight excluding hydrogens is 340 g/mol. The van der Waals surface area contributed by atoms with Gasteiger partial charge >= 0.3 is 0 Å². The minimum Gasteiger partial charge on any atom is -0.267 e. The van der Waals surface area contributed by atoms with Crippen LogP contribution in [0.5, 0.6) is 0 Å². The summed E-state index contributed by atoms with van der Waals surface area (Å²) in [5.41, 5.74) is 1.84. The maximum Gasteiger partial charge on any atom is 0.280 e. The van der Waals surface area contributed by atoms with Crippen molar-refractivity contribution in [2.75, 3.05) is 0 Å². The maximum atomic E-state index is 13.2. The number of hydrogen-bond acceptors (Lipinski definition) is 3. The molecule has 3 amide bonds. The second kappa shape index (κ2) is 6.88. The van der Waals surface area contributed by atoms with Gasteiger partial charge in [0, 0.05) is 5.56 Å². The molecule has 0 radical (unpaired) electrons. The summed E-state index contributed by atoms with van der Waals surface area (Å²) in [6.45, 7) is 0.111. The number of amides is 3. The predicted molar refractivity (Wildman–Crippen MR) is 99.7 cm³/mol. The minimum absolute atomic E-state index is 0.111. The van der Waals surface area contributed by atoms with Crippen molar-refractivity contribution in [1.82, 2.24) is 10.0 Å². The SMILES string of the molecule is O=C(c1ccccc1)N(Cc1ccccc1)N1C(=O)c2ccccc2C1=O. The van der Waals surface area contributed by atoms with Crippen LogP contribution in [0.25, 0.3) is 0 Å². The first kappa shape index (κ1) is 16.7. The van der Waals surface area contributed by atoms with Crippen LogP contribution >= 0.6 is 0 Å². The monoisotopic (exact) mass is 356 g/mol. The fourth-order valence-corrected chi connectivity index (χ4v) is 3.12. The number of hydrazine groups is 1. The zero-order valence-corrected chi connectivity index (χ0v) is 14.4. The first-order valence-electron chi connectivity index (χ1n) is 8.55. The van der Waals surface area contributed by atoms with Gasteiger partial charge in [0.15, 0.2) is 0 Å². The summed E-state index contributed by atoms with van der Waals surface area (Å²) < 4.78 is 0. The van der Waals surface area contributed by atoms with E-state index in [9.17, 15) is 14.4 Å². The van der Waals surface area contributed by atoms with Gasteiger partial charge in [-0.1, -0.05) is 60.7 Å². The van der Waals surface area contributed by atoms with E-state index in [4.69, 9.17) is 0 Å². The van der Waals surface area contributed by atoms with Gasteiger partial charge in [-0.25, -0.2) is 5.01 Å². The Morgan fingerprint density at radius 1 is 0.704 bits per heavy atom. The highest BCUT2D eigenvalue weighted by molar-refractivity contribution is 6.22. The molecule has 1 aliphatic rings. The molecule has 27 heavy (non-hydrogen) atoms. The Morgan fingerprint density at radius 3 is 1.74 bits per heavy atom. The van der Waals surface area contributed by atoms with E-state index in [2.05, 4.69) is 0 Å². The summed E-state index contributed by atoms with van der Waals surface area (Å²) in [4.78, 5) is 38.9. The number of fused-ring (bicyclic) bond motifs is 1. The third kappa shape index (κ3) is 3.00. The molecule has 132 valence electrons. The van der Waals surface area contributed by atoms with Crippen LogP contribution in [0.2, 0.25) is 0 Å². The summed E-state index contributed by atoms with van der Waals surface area (Å²) >= 11 is 0. The molecule has 0 bridgehead atoms. The van der Waals surface area contributed by atoms with Gasteiger partial charge in [-0.3, -0.25) is 14.4 Å². The molecule has 0 aromatic heterocycles. The lowest BCUT2D eigenvalue weighted by Gasteiger charge is -2.30. The number of rotatable bonds is 4. The zero-order valence-electron chi connectivity index (χ0n) is 14.4. The third-order valence-electron chi connectivity index (χ3n) is 4.44. The molecule has 0 saturated heterocycles. The molecule has 0 fully saturated rings. The van der Waals surface area contributed by atoms with E-state index >= 15 is 0 Å². The standard InChI is InChI=1S/C22H16N2O3/c25-20(17-11-5-2-6-12-17)23(15-16-9-3-1-4-10-16)24-21(26)18-13-7-8-14-19(18)22(24)27/h1-14H,15H2. The van der Waals surface area contributed by atoms with Crippen LogP contribution in [-0.2, 0) is 6.54 Å². The molecule has 1 aliphatic heterocycles. The van der Waals surface area contributed by atoms with Gasteiger partial charge in [0.2, 0.25) is 0 Å². The molecule has 3 aromatic rings. The van der Waals surface area contributed by atoms with Crippen molar-refractivity contribution in [2.45, 2.75) is 6.54 Å². The third-order valence-corrected chi connectivity index (χ3v) is 4.44. The molecule has 4 rings (SSSR count). The van der Waals surface area contributed by atoms with E-state index in [0.29, 0.717) is 16.7 Å². The fourth-order valence-electron chi connectivity index (χ4n) is 3.12. The lowest BCUT2D eigenvalue weighted by atomic mass is 10.1. The van der Waals surface area contributed by atoms with Crippen molar-refractivity contribution < 1.29 is 14.4 Å². The van der Waals surface area contributed by atoms with Crippen molar-refractivity contribution in [3.63, 3.8) is 0 Å². The van der Waals surface area contributed by atoms with Crippen LogP contribution in [0.4, 0.5) is 0 Å². The first-order chi connectivity index (χ1) is 13.2. The molecule has 5 heteroatoms. The highest BCUT2D eigenvalue weighted by Gasteiger charge is 2.41. The molecule has 0 atom stereocenters. The van der Waals surface area contributed by atoms with Gasteiger partial charge in [0.1, 0.15) is 0 Å². The van der Waals surface area contributed by atoms with Gasteiger partial charge in [0.25, 0.3) is 17.7 Å². The van der Waals surface area contributed by atoms with E-state index < -0.39 is 17.7 Å². The molecule has 0 unspecified atom stereocenters. The van der Waals surface area contributed by atoms with Crippen LogP contribution in [-0.4, -0.2) is 27.7 Å². The number of hydrogen-bond donors (Lipinski definition) is 0. The second-order valence-electron chi connectivity index (χ2n) is 6.18. The number of carbonyl (C=O) groups is 3. The van der Waals surface area contributed by atoms with Crippen LogP contribution in [0.3, 0.4) is 0 Å². The van der Waals surface area contributed by atoms with Crippen molar-refractivity contribution in [3.8, 4) is 0 Å². The Morgan fingerprint density at radius 2 is 1.19 bits per heavy atom. The molecule has 0 spiro atoms. The van der Waals surface area contributed by atoms with E-state index in [0.717, 1.165) is 10.6 Å². The Hall–Kier alpha value is -3.73. The maximum absolute atomic E-state index is 13.2. The van der Waals surface area contributed by atoms with Crippen molar-refractivity contribution >= 4 is 17.7 Å². The van der Waals surface area contributed by atoms with E-state index in [1.54, 1.807) is 54.6 Å². The molecule has 0 aliphatic carbocycles. The smallest absolute Gasteiger partial charge is 0.267 e. The van der Waals surface area contributed by atoms with Gasteiger partial charge < -0.3 is 0 Å². The van der Waals surface area contributed by atoms with Crippen molar-refractivity contribution in [3.05, 3.63) is 107 Å². The van der Waals surface area contributed by atoms with Crippen LogP contribution in [0.15, 0.2) is 84.9 Å². The average molecular weight is 356 g/mol. The minimum atomic E-state index is -0.490. The molecular formula is C22H16N2O3. The molecule has 1 heterocycles. The number of imide groups is 1. The Balaban J connectivity index is 1.76. The number of nitrogens with zero attached hydrogens (tertiary/aromatic N) is 2. The Kier molecular flexibility index (Phi) is 4.26. The fraction of sp³-hybridized carbons (Fsp3) is 0.0455. The highest BCUT2D eigenvalue weighted by Crippen LogP contribution is 2.26. The van der Waals surface area contributed by atoms with Crippen LogP contribution in [0, 0.1) is 0 Å². The van der Waals surface area contributed by atoms with Gasteiger partial charge in [-0.15, -0.1) is 0 Å². The van der Waals surface area contributed by atoms with E-state index in [-0.39, 0.29) is 6.54 Å². The number of carbonyl (C=O) groups excluding carboxylic acids is 3. The molecule has 0 N–H and O–H groups in total. The van der Waals surface area contributed by atoms with Crippen molar-refractivity contribution in [1.29, 1.82) is 0 Å². The topological polar surface area (TPSA) is 57.7 Å². The Labute approximate surface area is 156 Å². The lowest BCUT2D eigenvalue weighted by Crippen LogP contribution is -2.49. The van der Waals surface area contributed by atoms with Crippen LogP contribution < -0.4 is 0 Å². The van der Waals surface area contributed by atoms with Gasteiger partial charge in [-0.2, -0.15) is 5.01 Å². The average Bonchev–Trinajstić information content (AvgIpc) is 2.98. The van der Waals surface area contributed by atoms with Gasteiger partial charge in [0.05, 0.1) is 17.7 Å². The van der Waals surface area contributed by atoms with Crippen molar-refractivity contribution in [2.24, 2.45) is 0 Å². The lowest BCUT2D eigenvalue weighted by molar-refractivity contribution is 0.000871. The van der Waals surface area contributed by atoms with Gasteiger partial charge in [-0.05, 0) is 29.8 Å². The summed E-state index contributed by atoms with van der Waals surface area (Å²) in [6.07, 6.45) is 0.